The van der Waals surface area contributed by atoms with Crippen LogP contribution in [0.4, 0.5) is 0 Å². The lowest BCUT2D eigenvalue weighted by Crippen LogP contribution is -2.30. The van der Waals surface area contributed by atoms with Crippen LogP contribution < -0.4 is 5.32 Å². The highest BCUT2D eigenvalue weighted by Gasteiger charge is 2.12. The Morgan fingerprint density at radius 2 is 2.43 bits per heavy atom. The van der Waals surface area contributed by atoms with Gasteiger partial charge in [-0.2, -0.15) is 0 Å². The number of pyridine rings is 1. The van der Waals surface area contributed by atoms with Crippen molar-refractivity contribution in [3.05, 3.63) is 30.1 Å². The molecule has 14 heavy (non-hydrogen) atoms. The van der Waals surface area contributed by atoms with Crippen LogP contribution in [-0.4, -0.2) is 22.6 Å². The minimum atomic E-state index is -0.399. The van der Waals surface area contributed by atoms with E-state index in [1.54, 1.807) is 25.3 Å². The van der Waals surface area contributed by atoms with Gasteiger partial charge in [-0.1, -0.05) is 13.0 Å². The summed E-state index contributed by atoms with van der Waals surface area (Å²) in [6.07, 6.45) is 2.04. The molecule has 1 aromatic rings. The van der Waals surface area contributed by atoms with Gasteiger partial charge in [0.2, 0.25) is 5.91 Å². The van der Waals surface area contributed by atoms with Crippen LogP contribution in [0.1, 0.15) is 25.1 Å². The van der Waals surface area contributed by atoms with E-state index in [1.807, 2.05) is 6.07 Å². The fraction of sp³-hybridized carbons (Fsp3) is 0.400. The van der Waals surface area contributed by atoms with Gasteiger partial charge in [0.1, 0.15) is 0 Å². The first kappa shape index (κ1) is 10.7. The van der Waals surface area contributed by atoms with E-state index in [1.165, 1.54) is 0 Å². The third-order valence-electron chi connectivity index (χ3n) is 1.88. The molecule has 0 aliphatic carbocycles. The van der Waals surface area contributed by atoms with Crippen LogP contribution in [0, 0.1) is 0 Å². The van der Waals surface area contributed by atoms with Gasteiger partial charge in [-0.05, 0) is 12.1 Å². The van der Waals surface area contributed by atoms with Crippen LogP contribution in [0.25, 0.3) is 0 Å². The molecule has 0 radical (unpaired) electrons. The molecule has 1 atom stereocenters. The number of aromatic nitrogens is 1. The molecule has 1 unspecified atom stereocenters. The molecule has 1 heterocycles. The van der Waals surface area contributed by atoms with Gasteiger partial charge >= 0.3 is 0 Å². The smallest absolute Gasteiger partial charge is 0.220 e. The van der Waals surface area contributed by atoms with E-state index >= 15 is 0 Å². The van der Waals surface area contributed by atoms with Gasteiger partial charge < -0.3 is 10.4 Å². The predicted octanol–water partition coefficient (Wildman–Crippen LogP) is 0.641. The van der Waals surface area contributed by atoms with Crippen LogP contribution >= 0.6 is 0 Å². The highest BCUT2D eigenvalue weighted by Crippen LogP contribution is 2.08. The van der Waals surface area contributed by atoms with Crippen molar-refractivity contribution in [3.63, 3.8) is 0 Å². The molecule has 0 aliphatic rings. The van der Waals surface area contributed by atoms with Gasteiger partial charge in [0, 0.05) is 12.6 Å². The van der Waals surface area contributed by atoms with Gasteiger partial charge in [-0.15, -0.1) is 0 Å². The number of nitrogens with one attached hydrogen (secondary N) is 1. The molecule has 1 amide bonds. The summed E-state index contributed by atoms with van der Waals surface area (Å²) in [6, 6.07) is 4.99. The van der Waals surface area contributed by atoms with E-state index in [0.29, 0.717) is 12.1 Å². The number of carbonyl (C=O) groups excluding carboxylic acids is 1. The topological polar surface area (TPSA) is 62.2 Å². The molecule has 4 nitrogen and oxygen atoms in total. The van der Waals surface area contributed by atoms with Crippen LogP contribution in [0.3, 0.4) is 0 Å². The molecule has 0 fully saturated rings. The molecular weight excluding hydrogens is 180 g/mol. The zero-order chi connectivity index (χ0) is 10.4. The second kappa shape index (κ2) is 5.34. The normalized spacial score (nSPS) is 12.1. The first-order valence-electron chi connectivity index (χ1n) is 4.59. The zero-order valence-electron chi connectivity index (χ0n) is 8.10. The summed E-state index contributed by atoms with van der Waals surface area (Å²) in [5.41, 5.74) is 0.678. The monoisotopic (exact) mass is 194 g/mol. The number of carbonyl (C=O) groups is 1. The van der Waals surface area contributed by atoms with E-state index in [2.05, 4.69) is 10.3 Å². The number of aliphatic hydroxyl groups is 1. The summed E-state index contributed by atoms with van der Waals surface area (Å²) >= 11 is 0. The third kappa shape index (κ3) is 2.81. The van der Waals surface area contributed by atoms with E-state index < -0.39 is 6.04 Å². The first-order valence-corrected chi connectivity index (χ1v) is 4.59. The molecule has 1 rings (SSSR count). The van der Waals surface area contributed by atoms with Gasteiger partial charge in [0.05, 0.1) is 18.3 Å². The molecule has 0 aliphatic heterocycles. The Bertz CT molecular complexity index is 287. The first-order chi connectivity index (χ1) is 6.77. The SMILES string of the molecule is CCC(=O)NC(CO)c1ccccn1. The predicted molar refractivity (Wildman–Crippen MR) is 52.5 cm³/mol. The zero-order valence-corrected chi connectivity index (χ0v) is 8.10. The van der Waals surface area contributed by atoms with Crippen molar-refractivity contribution in [2.45, 2.75) is 19.4 Å². The lowest BCUT2D eigenvalue weighted by molar-refractivity contribution is -0.121. The number of amides is 1. The molecule has 0 saturated heterocycles. The molecule has 76 valence electrons. The molecular formula is C10H14N2O2. The van der Waals surface area contributed by atoms with Crippen molar-refractivity contribution in [2.24, 2.45) is 0 Å². The number of rotatable bonds is 4. The molecule has 0 saturated carbocycles. The van der Waals surface area contributed by atoms with Gasteiger partial charge in [-0.25, -0.2) is 0 Å². The van der Waals surface area contributed by atoms with Crippen molar-refractivity contribution >= 4 is 5.91 Å². The molecule has 1 aromatic heterocycles. The number of hydrogen-bond donors (Lipinski definition) is 2. The van der Waals surface area contributed by atoms with Crippen molar-refractivity contribution in [2.75, 3.05) is 6.61 Å². The van der Waals surface area contributed by atoms with Gasteiger partial charge in [0.15, 0.2) is 0 Å². The fourth-order valence-electron chi connectivity index (χ4n) is 1.09. The summed E-state index contributed by atoms with van der Waals surface area (Å²) < 4.78 is 0. The summed E-state index contributed by atoms with van der Waals surface area (Å²) in [4.78, 5) is 15.2. The lowest BCUT2D eigenvalue weighted by atomic mass is 10.2. The molecule has 0 aromatic carbocycles. The minimum absolute atomic E-state index is 0.0882. The Labute approximate surface area is 83.0 Å². The van der Waals surface area contributed by atoms with E-state index in [0.717, 1.165) is 0 Å². The number of aliphatic hydroxyl groups excluding tert-OH is 1. The Hall–Kier alpha value is -1.42. The van der Waals surface area contributed by atoms with Gasteiger partial charge in [0.25, 0.3) is 0 Å². The summed E-state index contributed by atoms with van der Waals surface area (Å²) in [5, 5.41) is 11.8. The lowest BCUT2D eigenvalue weighted by Gasteiger charge is -2.14. The Balaban J connectivity index is 2.68. The Morgan fingerprint density at radius 3 is 2.93 bits per heavy atom. The Morgan fingerprint density at radius 1 is 1.64 bits per heavy atom. The van der Waals surface area contributed by atoms with Gasteiger partial charge in [-0.3, -0.25) is 9.78 Å². The average molecular weight is 194 g/mol. The fourth-order valence-corrected chi connectivity index (χ4v) is 1.09. The highest BCUT2D eigenvalue weighted by molar-refractivity contribution is 5.75. The van der Waals surface area contributed by atoms with Crippen molar-refractivity contribution < 1.29 is 9.90 Å². The third-order valence-corrected chi connectivity index (χ3v) is 1.88. The Kier molecular flexibility index (Phi) is 4.07. The minimum Gasteiger partial charge on any atom is -0.394 e. The molecule has 0 bridgehead atoms. The maximum absolute atomic E-state index is 11.1. The average Bonchev–Trinajstić information content (AvgIpc) is 2.26. The second-order valence-corrected chi connectivity index (χ2v) is 2.91. The summed E-state index contributed by atoms with van der Waals surface area (Å²) in [5.74, 6) is -0.0882. The summed E-state index contributed by atoms with van der Waals surface area (Å²) in [6.45, 7) is 1.63. The van der Waals surface area contributed by atoms with Crippen LogP contribution in [-0.2, 0) is 4.79 Å². The number of nitrogens with zero attached hydrogens (tertiary/aromatic N) is 1. The highest BCUT2D eigenvalue weighted by atomic mass is 16.3. The number of hydrogen-bond acceptors (Lipinski definition) is 3. The standard InChI is InChI=1S/C10H14N2O2/c1-2-10(14)12-9(7-13)8-5-3-4-6-11-8/h3-6,9,13H,2,7H2,1H3,(H,12,14). The molecule has 2 N–H and O–H groups in total. The van der Waals surface area contributed by atoms with Crippen molar-refractivity contribution in [3.8, 4) is 0 Å². The maximum Gasteiger partial charge on any atom is 0.220 e. The largest absolute Gasteiger partial charge is 0.394 e. The second-order valence-electron chi connectivity index (χ2n) is 2.91. The molecule has 4 heteroatoms. The van der Waals surface area contributed by atoms with Crippen LogP contribution in [0.5, 0.6) is 0 Å². The van der Waals surface area contributed by atoms with Crippen LogP contribution in [0.15, 0.2) is 24.4 Å². The summed E-state index contributed by atoms with van der Waals surface area (Å²) in [7, 11) is 0. The maximum atomic E-state index is 11.1. The van der Waals surface area contributed by atoms with Crippen LogP contribution in [0.2, 0.25) is 0 Å². The van der Waals surface area contributed by atoms with E-state index in [4.69, 9.17) is 5.11 Å². The van der Waals surface area contributed by atoms with Crippen molar-refractivity contribution in [1.29, 1.82) is 0 Å². The quantitative estimate of drug-likeness (QED) is 0.739. The van der Waals surface area contributed by atoms with Crippen molar-refractivity contribution in [1.82, 2.24) is 10.3 Å². The molecule has 0 spiro atoms. The van der Waals surface area contributed by atoms with E-state index in [-0.39, 0.29) is 12.5 Å². The van der Waals surface area contributed by atoms with E-state index in [9.17, 15) is 4.79 Å².